The Morgan fingerprint density at radius 2 is 2.17 bits per heavy atom. The van der Waals surface area contributed by atoms with Gasteiger partial charge < -0.3 is 10.5 Å². The van der Waals surface area contributed by atoms with Crippen molar-refractivity contribution < 1.29 is 9.13 Å². The molecule has 0 fully saturated rings. The molecular weight excluding hydrogens is 319 g/mol. The van der Waals surface area contributed by atoms with E-state index < -0.39 is 5.82 Å². The van der Waals surface area contributed by atoms with E-state index in [1.807, 2.05) is 13.8 Å². The van der Waals surface area contributed by atoms with Crippen LogP contribution < -0.4 is 10.5 Å². The number of hydrogen-bond donors (Lipinski definition) is 1. The molecule has 1 aromatic heterocycles. The maximum Gasteiger partial charge on any atom is 0.145 e. The van der Waals surface area contributed by atoms with Gasteiger partial charge in [0.2, 0.25) is 0 Å². The van der Waals surface area contributed by atoms with E-state index in [1.165, 1.54) is 12.1 Å². The Balaban J connectivity index is 2.13. The summed E-state index contributed by atoms with van der Waals surface area (Å²) >= 11 is 4.64. The number of benzene rings is 1. The van der Waals surface area contributed by atoms with E-state index in [2.05, 4.69) is 20.9 Å². The third-order valence-corrected chi connectivity index (χ3v) is 4.13. The van der Waals surface area contributed by atoms with Crippen LogP contribution in [0, 0.1) is 19.7 Å². The largest absolute Gasteiger partial charge is 0.484 e. The molecule has 0 atom stereocenters. The molecule has 18 heavy (non-hydrogen) atoms. The maximum absolute atomic E-state index is 13.4. The molecule has 0 saturated carbocycles. The van der Waals surface area contributed by atoms with Gasteiger partial charge in [0, 0.05) is 10.9 Å². The Morgan fingerprint density at radius 1 is 1.44 bits per heavy atom. The van der Waals surface area contributed by atoms with Gasteiger partial charge in [-0.3, -0.25) is 0 Å². The van der Waals surface area contributed by atoms with Gasteiger partial charge in [-0.05, 0) is 35.8 Å². The average Bonchev–Trinajstić information content (AvgIpc) is 2.62. The number of halogens is 2. The molecule has 96 valence electrons. The summed E-state index contributed by atoms with van der Waals surface area (Å²) in [7, 11) is 0. The summed E-state index contributed by atoms with van der Waals surface area (Å²) in [5.41, 5.74) is 7.14. The van der Waals surface area contributed by atoms with Crippen LogP contribution in [0.25, 0.3) is 0 Å². The maximum atomic E-state index is 13.4. The highest BCUT2D eigenvalue weighted by Gasteiger charge is 2.09. The van der Waals surface area contributed by atoms with Crippen LogP contribution in [0.4, 0.5) is 10.1 Å². The Bertz CT molecular complexity index is 566. The first kappa shape index (κ1) is 13.3. The fraction of sp³-hybridized carbons (Fsp3) is 0.250. The number of rotatable bonds is 3. The van der Waals surface area contributed by atoms with E-state index >= 15 is 0 Å². The first-order valence-corrected chi connectivity index (χ1v) is 6.88. The molecule has 1 heterocycles. The topological polar surface area (TPSA) is 48.1 Å². The van der Waals surface area contributed by atoms with Crippen molar-refractivity contribution in [3.63, 3.8) is 0 Å². The molecule has 0 aliphatic rings. The second-order valence-corrected chi connectivity index (χ2v) is 5.98. The Hall–Kier alpha value is -1.14. The minimum absolute atomic E-state index is 0.296. The fourth-order valence-corrected chi connectivity index (χ4v) is 2.62. The number of nitrogens with two attached hydrogens (primary N) is 1. The van der Waals surface area contributed by atoms with Crippen LogP contribution in [0.5, 0.6) is 5.75 Å². The van der Waals surface area contributed by atoms with Crippen molar-refractivity contribution in [2.75, 3.05) is 5.73 Å². The molecule has 0 unspecified atom stereocenters. The molecule has 0 bridgehead atoms. The molecule has 1 aromatic carbocycles. The van der Waals surface area contributed by atoms with Gasteiger partial charge in [-0.25, -0.2) is 9.37 Å². The normalized spacial score (nSPS) is 10.7. The van der Waals surface area contributed by atoms with E-state index in [0.717, 1.165) is 15.6 Å². The van der Waals surface area contributed by atoms with E-state index in [0.29, 0.717) is 22.5 Å². The Labute approximate surface area is 117 Å². The van der Waals surface area contributed by atoms with Crippen molar-refractivity contribution in [3.8, 4) is 5.75 Å². The number of nitrogen functional groups attached to an aromatic ring is 1. The van der Waals surface area contributed by atoms with E-state index in [4.69, 9.17) is 10.5 Å². The van der Waals surface area contributed by atoms with Crippen molar-refractivity contribution in [3.05, 3.63) is 38.0 Å². The summed E-state index contributed by atoms with van der Waals surface area (Å²) in [6, 6.07) is 2.76. The van der Waals surface area contributed by atoms with Gasteiger partial charge in [0.15, 0.2) is 0 Å². The van der Waals surface area contributed by atoms with Crippen molar-refractivity contribution in [1.82, 2.24) is 4.98 Å². The van der Waals surface area contributed by atoms with E-state index in [-0.39, 0.29) is 0 Å². The van der Waals surface area contributed by atoms with Crippen LogP contribution in [0.15, 0.2) is 16.6 Å². The third-order valence-electron chi connectivity index (χ3n) is 2.48. The smallest absolute Gasteiger partial charge is 0.145 e. The lowest BCUT2D eigenvalue weighted by Gasteiger charge is -2.08. The lowest BCUT2D eigenvalue weighted by atomic mass is 10.3. The second-order valence-electron chi connectivity index (χ2n) is 3.84. The van der Waals surface area contributed by atoms with Gasteiger partial charge in [-0.1, -0.05) is 0 Å². The predicted molar refractivity (Wildman–Crippen MR) is 74.4 cm³/mol. The second kappa shape index (κ2) is 5.24. The minimum Gasteiger partial charge on any atom is -0.484 e. The lowest BCUT2D eigenvalue weighted by molar-refractivity contribution is 0.305. The highest BCUT2D eigenvalue weighted by atomic mass is 79.9. The number of ether oxygens (including phenoxy) is 1. The van der Waals surface area contributed by atoms with E-state index in [9.17, 15) is 4.39 Å². The van der Waals surface area contributed by atoms with Gasteiger partial charge in [-0.15, -0.1) is 11.3 Å². The molecule has 2 N–H and O–H groups in total. The number of aromatic nitrogens is 1. The van der Waals surface area contributed by atoms with Crippen molar-refractivity contribution in [2.24, 2.45) is 0 Å². The molecule has 0 spiro atoms. The molecule has 2 rings (SSSR count). The SMILES string of the molecule is Cc1nc(COc2cc(F)c(Br)cc2N)sc1C. The molecular formula is C12H12BrFN2OS. The standard InChI is InChI=1S/C12H12BrFN2OS/c1-6-7(2)18-12(16-6)5-17-11-4-9(14)8(13)3-10(11)15/h3-4H,5,15H2,1-2H3. The Kier molecular flexibility index (Phi) is 3.87. The van der Waals surface area contributed by atoms with Crippen molar-refractivity contribution >= 4 is 33.0 Å². The first-order valence-electron chi connectivity index (χ1n) is 5.27. The molecule has 0 saturated heterocycles. The first-order chi connectivity index (χ1) is 8.47. The summed E-state index contributed by atoms with van der Waals surface area (Å²) < 4.78 is 19.2. The molecule has 2 aromatic rings. The zero-order chi connectivity index (χ0) is 13.3. The summed E-state index contributed by atoms with van der Waals surface area (Å²) in [5, 5.41) is 0.854. The summed E-state index contributed by atoms with van der Waals surface area (Å²) in [6.45, 7) is 4.25. The van der Waals surface area contributed by atoms with Crippen LogP contribution >= 0.6 is 27.3 Å². The summed E-state index contributed by atoms with van der Waals surface area (Å²) in [4.78, 5) is 5.50. The predicted octanol–water partition coefficient (Wildman–Crippen LogP) is 3.82. The van der Waals surface area contributed by atoms with Crippen LogP contribution in [0.1, 0.15) is 15.6 Å². The third kappa shape index (κ3) is 2.81. The molecule has 6 heteroatoms. The molecule has 0 aliphatic carbocycles. The zero-order valence-corrected chi connectivity index (χ0v) is 12.4. The molecule has 3 nitrogen and oxygen atoms in total. The minimum atomic E-state index is -0.398. The fourth-order valence-electron chi connectivity index (χ4n) is 1.41. The number of anilines is 1. The number of thiazole rings is 1. The van der Waals surface area contributed by atoms with Gasteiger partial charge in [0.1, 0.15) is 23.2 Å². The van der Waals surface area contributed by atoms with Crippen molar-refractivity contribution in [2.45, 2.75) is 20.5 Å². The molecule has 0 amide bonds. The molecule has 0 aliphatic heterocycles. The Morgan fingerprint density at radius 3 is 2.78 bits per heavy atom. The number of aryl methyl sites for hydroxylation is 2. The lowest BCUT2D eigenvalue weighted by Crippen LogP contribution is -1.99. The van der Waals surface area contributed by atoms with Gasteiger partial charge >= 0.3 is 0 Å². The number of nitrogens with zero attached hydrogens (tertiary/aromatic N) is 1. The van der Waals surface area contributed by atoms with Crippen LogP contribution in [0.2, 0.25) is 0 Å². The summed E-state index contributed by atoms with van der Waals surface area (Å²) in [6.07, 6.45) is 0. The van der Waals surface area contributed by atoms with Crippen LogP contribution in [0.3, 0.4) is 0 Å². The summed E-state index contributed by atoms with van der Waals surface area (Å²) in [5.74, 6) is -0.0630. The van der Waals surface area contributed by atoms with E-state index in [1.54, 1.807) is 11.3 Å². The van der Waals surface area contributed by atoms with Gasteiger partial charge in [0.25, 0.3) is 0 Å². The van der Waals surface area contributed by atoms with Crippen LogP contribution in [-0.2, 0) is 6.61 Å². The quantitative estimate of drug-likeness (QED) is 0.870. The van der Waals surface area contributed by atoms with Crippen molar-refractivity contribution in [1.29, 1.82) is 0 Å². The monoisotopic (exact) mass is 330 g/mol. The number of hydrogen-bond acceptors (Lipinski definition) is 4. The highest BCUT2D eigenvalue weighted by Crippen LogP contribution is 2.29. The average molecular weight is 331 g/mol. The van der Waals surface area contributed by atoms with Gasteiger partial charge in [-0.2, -0.15) is 0 Å². The highest BCUT2D eigenvalue weighted by molar-refractivity contribution is 9.10. The van der Waals surface area contributed by atoms with Crippen LogP contribution in [-0.4, -0.2) is 4.98 Å². The van der Waals surface area contributed by atoms with Gasteiger partial charge in [0.05, 0.1) is 15.9 Å². The zero-order valence-electron chi connectivity index (χ0n) is 9.96. The molecule has 0 radical (unpaired) electrons.